The molecule has 0 atom stereocenters. The molecule has 2 heteroatoms. The molecule has 0 spiro atoms. The summed E-state index contributed by atoms with van der Waals surface area (Å²) in [7, 11) is 0. The van der Waals surface area contributed by atoms with Crippen LogP contribution in [0.1, 0.15) is 39.0 Å². The van der Waals surface area contributed by atoms with Crippen molar-refractivity contribution in [1.29, 1.82) is 0 Å². The maximum absolute atomic E-state index is 11.5. The quantitative estimate of drug-likeness (QED) is 0.523. The van der Waals surface area contributed by atoms with Crippen LogP contribution in [0.3, 0.4) is 0 Å². The van der Waals surface area contributed by atoms with Gasteiger partial charge in [0.05, 0.1) is 0 Å². The van der Waals surface area contributed by atoms with E-state index in [-0.39, 0.29) is 5.91 Å². The summed E-state index contributed by atoms with van der Waals surface area (Å²) < 4.78 is 0. The molecule has 2 nitrogen and oxygen atoms in total. The third-order valence-corrected chi connectivity index (χ3v) is 2.57. The minimum Gasteiger partial charge on any atom is -0.356 e. The molecular weight excluding hydrogens is 162 g/mol. The van der Waals surface area contributed by atoms with Crippen molar-refractivity contribution in [3.63, 3.8) is 0 Å². The Morgan fingerprint density at radius 3 is 2.77 bits per heavy atom. The topological polar surface area (TPSA) is 29.1 Å². The second-order valence-electron chi connectivity index (χ2n) is 3.63. The fraction of sp³-hybridized carbons (Fsp3) is 0.727. The summed E-state index contributed by atoms with van der Waals surface area (Å²) in [5.74, 6) is 0.576. The van der Waals surface area contributed by atoms with E-state index in [1.165, 1.54) is 12.8 Å². The molecule has 0 unspecified atom stereocenters. The average Bonchev–Trinajstić information content (AvgIpc) is 2.65. The number of hydrogen-bond acceptors (Lipinski definition) is 1. The minimum absolute atomic E-state index is 0.266. The summed E-state index contributed by atoms with van der Waals surface area (Å²) >= 11 is 0. The van der Waals surface area contributed by atoms with Gasteiger partial charge in [-0.2, -0.15) is 0 Å². The van der Waals surface area contributed by atoms with E-state index in [9.17, 15) is 4.79 Å². The molecule has 1 aliphatic rings. The van der Waals surface area contributed by atoms with Crippen molar-refractivity contribution in [2.45, 2.75) is 39.0 Å². The third-order valence-electron chi connectivity index (χ3n) is 2.57. The number of hydrogen-bond donors (Lipinski definition) is 1. The Hall–Kier alpha value is -0.790. The number of rotatable bonds is 4. The van der Waals surface area contributed by atoms with Crippen molar-refractivity contribution in [2.24, 2.45) is 5.92 Å². The van der Waals surface area contributed by atoms with Crippen LogP contribution in [0.15, 0.2) is 12.2 Å². The van der Waals surface area contributed by atoms with E-state index in [2.05, 4.69) is 11.4 Å². The molecule has 0 aromatic heterocycles. The van der Waals surface area contributed by atoms with Gasteiger partial charge < -0.3 is 5.32 Å². The number of amides is 1. The van der Waals surface area contributed by atoms with E-state index in [1.807, 2.05) is 13.0 Å². The van der Waals surface area contributed by atoms with Crippen LogP contribution < -0.4 is 5.32 Å². The lowest BCUT2D eigenvalue weighted by molar-refractivity contribution is -0.124. The highest BCUT2D eigenvalue weighted by atomic mass is 16.1. The molecular formula is C11H19NO. The summed E-state index contributed by atoms with van der Waals surface area (Å²) in [5, 5.41) is 2.97. The highest BCUT2D eigenvalue weighted by Gasteiger charge is 2.21. The van der Waals surface area contributed by atoms with Gasteiger partial charge in [-0.15, -0.1) is 0 Å². The first-order valence-corrected chi connectivity index (χ1v) is 5.23. The van der Waals surface area contributed by atoms with Crippen LogP contribution in [0.4, 0.5) is 0 Å². The van der Waals surface area contributed by atoms with Gasteiger partial charge in [0.25, 0.3) is 0 Å². The van der Waals surface area contributed by atoms with Crippen molar-refractivity contribution < 1.29 is 4.79 Å². The molecule has 0 aromatic carbocycles. The molecule has 1 rings (SSSR count). The van der Waals surface area contributed by atoms with Crippen molar-refractivity contribution in [1.82, 2.24) is 5.32 Å². The number of carbonyl (C=O) groups is 1. The largest absolute Gasteiger partial charge is 0.356 e. The summed E-state index contributed by atoms with van der Waals surface area (Å²) in [5.41, 5.74) is 0. The highest BCUT2D eigenvalue weighted by molar-refractivity contribution is 5.78. The minimum atomic E-state index is 0.266. The fourth-order valence-electron chi connectivity index (χ4n) is 1.78. The molecule has 0 saturated heterocycles. The summed E-state index contributed by atoms with van der Waals surface area (Å²) in [6.07, 6.45) is 9.69. The number of nitrogens with one attached hydrogen (secondary N) is 1. The summed E-state index contributed by atoms with van der Waals surface area (Å²) in [6, 6.07) is 0. The first-order valence-electron chi connectivity index (χ1n) is 5.23. The molecule has 0 heterocycles. The molecule has 0 radical (unpaired) electrons. The third kappa shape index (κ3) is 3.62. The monoisotopic (exact) mass is 181 g/mol. The molecule has 13 heavy (non-hydrogen) atoms. The Bertz CT molecular complexity index is 181. The Kier molecular flexibility index (Phi) is 4.58. The van der Waals surface area contributed by atoms with Crippen LogP contribution >= 0.6 is 0 Å². The summed E-state index contributed by atoms with van der Waals surface area (Å²) in [4.78, 5) is 11.5. The zero-order valence-corrected chi connectivity index (χ0v) is 8.38. The molecule has 1 aliphatic carbocycles. The van der Waals surface area contributed by atoms with E-state index in [4.69, 9.17) is 0 Å². The molecule has 1 saturated carbocycles. The average molecular weight is 181 g/mol. The van der Waals surface area contributed by atoms with E-state index >= 15 is 0 Å². The number of carbonyl (C=O) groups excluding carboxylic acids is 1. The first-order chi connectivity index (χ1) is 6.34. The van der Waals surface area contributed by atoms with Crippen LogP contribution in [0, 0.1) is 5.92 Å². The molecule has 1 fully saturated rings. The van der Waals surface area contributed by atoms with Crippen molar-refractivity contribution in [3.8, 4) is 0 Å². The van der Waals surface area contributed by atoms with Gasteiger partial charge in [0.1, 0.15) is 0 Å². The second-order valence-corrected chi connectivity index (χ2v) is 3.63. The van der Waals surface area contributed by atoms with Crippen molar-refractivity contribution in [2.75, 3.05) is 6.54 Å². The van der Waals surface area contributed by atoms with E-state index in [1.54, 1.807) is 0 Å². The molecule has 74 valence electrons. The van der Waals surface area contributed by atoms with E-state index in [0.29, 0.717) is 5.92 Å². The first kappa shape index (κ1) is 10.3. The zero-order valence-electron chi connectivity index (χ0n) is 8.38. The van der Waals surface area contributed by atoms with Crippen LogP contribution in [0.5, 0.6) is 0 Å². The van der Waals surface area contributed by atoms with Crippen molar-refractivity contribution >= 4 is 5.91 Å². The maximum atomic E-state index is 11.5. The lowest BCUT2D eigenvalue weighted by Crippen LogP contribution is -2.29. The van der Waals surface area contributed by atoms with Crippen molar-refractivity contribution in [3.05, 3.63) is 12.2 Å². The molecule has 0 bridgehead atoms. The van der Waals surface area contributed by atoms with Gasteiger partial charge in [-0.3, -0.25) is 4.79 Å². The maximum Gasteiger partial charge on any atom is 0.223 e. The number of allylic oxidation sites excluding steroid dienone is 1. The van der Waals surface area contributed by atoms with Crippen LogP contribution in [0.25, 0.3) is 0 Å². The predicted molar refractivity (Wildman–Crippen MR) is 54.4 cm³/mol. The molecule has 0 aromatic rings. The Morgan fingerprint density at radius 1 is 1.46 bits per heavy atom. The van der Waals surface area contributed by atoms with Gasteiger partial charge in [0.2, 0.25) is 5.91 Å². The summed E-state index contributed by atoms with van der Waals surface area (Å²) in [6.45, 7) is 2.79. The normalized spacial score (nSPS) is 18.2. The molecule has 1 amide bonds. The lowest BCUT2D eigenvalue weighted by Gasteiger charge is -2.08. The highest BCUT2D eigenvalue weighted by Crippen LogP contribution is 2.24. The Morgan fingerprint density at radius 2 is 2.15 bits per heavy atom. The van der Waals surface area contributed by atoms with Gasteiger partial charge in [0.15, 0.2) is 0 Å². The zero-order chi connectivity index (χ0) is 9.52. The van der Waals surface area contributed by atoms with Crippen LogP contribution in [-0.2, 0) is 4.79 Å². The van der Waals surface area contributed by atoms with Crippen LogP contribution in [0.2, 0.25) is 0 Å². The fourth-order valence-corrected chi connectivity index (χ4v) is 1.78. The smallest absolute Gasteiger partial charge is 0.223 e. The van der Waals surface area contributed by atoms with Gasteiger partial charge in [-0.25, -0.2) is 0 Å². The van der Waals surface area contributed by atoms with E-state index in [0.717, 1.165) is 25.8 Å². The van der Waals surface area contributed by atoms with E-state index < -0.39 is 0 Å². The molecule has 1 N–H and O–H groups in total. The Balaban J connectivity index is 2.09. The van der Waals surface area contributed by atoms with Crippen LogP contribution in [-0.4, -0.2) is 12.5 Å². The predicted octanol–water partition coefficient (Wildman–Crippen LogP) is 2.26. The lowest BCUT2D eigenvalue weighted by atomic mass is 10.1. The van der Waals surface area contributed by atoms with Gasteiger partial charge in [-0.05, 0) is 26.2 Å². The van der Waals surface area contributed by atoms with Gasteiger partial charge in [-0.1, -0.05) is 25.0 Å². The SMILES string of the molecule is C/C=C/CCNC(=O)C1CCCC1. The Labute approximate surface area is 80.4 Å². The molecule has 0 aliphatic heterocycles. The van der Waals surface area contributed by atoms with Gasteiger partial charge in [0, 0.05) is 12.5 Å². The standard InChI is InChI=1S/C11H19NO/c1-2-3-6-9-12-11(13)10-7-4-5-8-10/h2-3,10H,4-9H2,1H3,(H,12,13)/b3-2+. The second kappa shape index (κ2) is 5.79. The van der Waals surface area contributed by atoms with Gasteiger partial charge >= 0.3 is 0 Å².